The zero-order valence-corrected chi connectivity index (χ0v) is 12.8. The highest BCUT2D eigenvalue weighted by Gasteiger charge is 2.26. The normalized spacial score (nSPS) is 23.6. The van der Waals surface area contributed by atoms with Gasteiger partial charge in [-0.1, -0.05) is 0 Å². The quantitative estimate of drug-likeness (QED) is 0.829. The van der Waals surface area contributed by atoms with Crippen molar-refractivity contribution in [3.63, 3.8) is 0 Å². The summed E-state index contributed by atoms with van der Waals surface area (Å²) >= 11 is 0. The lowest BCUT2D eigenvalue weighted by Gasteiger charge is -2.29. The van der Waals surface area contributed by atoms with Gasteiger partial charge in [-0.25, -0.2) is 0 Å². The van der Waals surface area contributed by atoms with Crippen molar-refractivity contribution in [1.82, 2.24) is 19.6 Å². The van der Waals surface area contributed by atoms with E-state index in [-0.39, 0.29) is 0 Å². The standard InChI is InChI=1S/C16H26N4O/c21-16(19-9-2-1-3-10-19)7-13-18-11-4-6-15(18)14-20-12-5-8-17-20/h5,8,12,15H,1-4,6-7,9-11,13-14H2/t15-/m1/s1. The number of hydrogen-bond donors (Lipinski definition) is 0. The summed E-state index contributed by atoms with van der Waals surface area (Å²) in [6.07, 6.45) is 10.6. The molecule has 0 spiro atoms. The van der Waals surface area contributed by atoms with Crippen LogP contribution in [0.15, 0.2) is 18.5 Å². The molecule has 0 unspecified atom stereocenters. The predicted molar refractivity (Wildman–Crippen MR) is 81.9 cm³/mol. The first kappa shape index (κ1) is 14.6. The zero-order valence-electron chi connectivity index (χ0n) is 12.8. The molecule has 1 aromatic rings. The minimum Gasteiger partial charge on any atom is -0.343 e. The van der Waals surface area contributed by atoms with Crippen LogP contribution < -0.4 is 0 Å². The van der Waals surface area contributed by atoms with Crippen LogP contribution in [0.2, 0.25) is 0 Å². The number of amides is 1. The zero-order chi connectivity index (χ0) is 14.5. The first-order valence-electron chi connectivity index (χ1n) is 8.32. The van der Waals surface area contributed by atoms with Gasteiger partial charge in [0, 0.05) is 44.5 Å². The molecule has 21 heavy (non-hydrogen) atoms. The Balaban J connectivity index is 1.46. The third kappa shape index (κ3) is 3.84. The van der Waals surface area contributed by atoms with Gasteiger partial charge in [-0.05, 0) is 44.7 Å². The van der Waals surface area contributed by atoms with Gasteiger partial charge in [0.25, 0.3) is 0 Å². The Kier molecular flexibility index (Phi) is 4.91. The fourth-order valence-electron chi connectivity index (χ4n) is 3.56. The van der Waals surface area contributed by atoms with Crippen LogP contribution in [0.25, 0.3) is 0 Å². The summed E-state index contributed by atoms with van der Waals surface area (Å²) in [5.74, 6) is 0.347. The number of nitrogens with zero attached hydrogens (tertiary/aromatic N) is 4. The molecule has 116 valence electrons. The number of aromatic nitrogens is 2. The molecule has 1 atom stereocenters. The molecule has 0 radical (unpaired) electrons. The van der Waals surface area contributed by atoms with Crippen LogP contribution in [0.5, 0.6) is 0 Å². The summed E-state index contributed by atoms with van der Waals surface area (Å²) in [5, 5.41) is 4.30. The van der Waals surface area contributed by atoms with Gasteiger partial charge in [-0.3, -0.25) is 14.4 Å². The van der Waals surface area contributed by atoms with Crippen molar-refractivity contribution >= 4 is 5.91 Å². The van der Waals surface area contributed by atoms with E-state index in [1.54, 1.807) is 0 Å². The molecule has 5 nitrogen and oxygen atoms in total. The Morgan fingerprint density at radius 1 is 1.14 bits per heavy atom. The number of rotatable bonds is 5. The van der Waals surface area contributed by atoms with E-state index < -0.39 is 0 Å². The van der Waals surface area contributed by atoms with Gasteiger partial charge in [0.05, 0.1) is 6.54 Å². The molecule has 2 aliphatic rings. The highest BCUT2D eigenvalue weighted by molar-refractivity contribution is 5.76. The smallest absolute Gasteiger partial charge is 0.223 e. The maximum atomic E-state index is 12.3. The Bertz CT molecular complexity index is 439. The Hall–Kier alpha value is -1.36. The SMILES string of the molecule is O=C(CCN1CCC[C@@H]1Cn1cccn1)N1CCCCC1. The fourth-order valence-corrected chi connectivity index (χ4v) is 3.56. The summed E-state index contributed by atoms with van der Waals surface area (Å²) in [7, 11) is 0. The van der Waals surface area contributed by atoms with Gasteiger partial charge < -0.3 is 4.90 Å². The Morgan fingerprint density at radius 3 is 2.76 bits per heavy atom. The monoisotopic (exact) mass is 290 g/mol. The van der Waals surface area contributed by atoms with Crippen molar-refractivity contribution < 1.29 is 4.79 Å². The van der Waals surface area contributed by atoms with Crippen LogP contribution in [-0.2, 0) is 11.3 Å². The average molecular weight is 290 g/mol. The molecule has 3 heterocycles. The fraction of sp³-hybridized carbons (Fsp3) is 0.750. The van der Waals surface area contributed by atoms with Crippen LogP contribution in [-0.4, -0.2) is 57.7 Å². The third-order valence-corrected chi connectivity index (χ3v) is 4.78. The minimum atomic E-state index is 0.347. The molecule has 2 aliphatic heterocycles. The van der Waals surface area contributed by atoms with Gasteiger partial charge in [0.15, 0.2) is 0 Å². The van der Waals surface area contributed by atoms with Gasteiger partial charge in [-0.15, -0.1) is 0 Å². The van der Waals surface area contributed by atoms with Gasteiger partial charge in [0.1, 0.15) is 0 Å². The summed E-state index contributed by atoms with van der Waals surface area (Å²) in [4.78, 5) is 16.8. The van der Waals surface area contributed by atoms with Crippen molar-refractivity contribution in [1.29, 1.82) is 0 Å². The van der Waals surface area contributed by atoms with E-state index in [2.05, 4.69) is 14.9 Å². The molecule has 5 heteroatoms. The van der Waals surface area contributed by atoms with Gasteiger partial charge in [-0.2, -0.15) is 5.10 Å². The molecule has 0 aromatic carbocycles. The minimum absolute atomic E-state index is 0.347. The second-order valence-electron chi connectivity index (χ2n) is 6.25. The molecule has 0 bridgehead atoms. The van der Waals surface area contributed by atoms with E-state index in [4.69, 9.17) is 0 Å². The lowest BCUT2D eigenvalue weighted by atomic mass is 10.1. The average Bonchev–Trinajstić information content (AvgIpc) is 3.18. The maximum absolute atomic E-state index is 12.3. The van der Waals surface area contributed by atoms with Crippen LogP contribution >= 0.6 is 0 Å². The van der Waals surface area contributed by atoms with Crippen molar-refractivity contribution in [3.8, 4) is 0 Å². The first-order chi connectivity index (χ1) is 10.3. The van der Waals surface area contributed by atoms with E-state index in [9.17, 15) is 4.79 Å². The summed E-state index contributed by atoms with van der Waals surface area (Å²) < 4.78 is 2.01. The highest BCUT2D eigenvalue weighted by atomic mass is 16.2. The lowest BCUT2D eigenvalue weighted by molar-refractivity contribution is -0.132. The van der Waals surface area contributed by atoms with E-state index in [1.165, 1.54) is 32.1 Å². The topological polar surface area (TPSA) is 41.4 Å². The third-order valence-electron chi connectivity index (χ3n) is 4.78. The molecule has 2 fully saturated rings. The van der Waals surface area contributed by atoms with Crippen molar-refractivity contribution in [2.45, 2.75) is 51.1 Å². The largest absolute Gasteiger partial charge is 0.343 e. The molecule has 0 N–H and O–H groups in total. The second kappa shape index (κ2) is 7.07. The maximum Gasteiger partial charge on any atom is 0.223 e. The van der Waals surface area contributed by atoms with Crippen molar-refractivity contribution in [3.05, 3.63) is 18.5 Å². The number of piperidine rings is 1. The van der Waals surface area contributed by atoms with E-state index in [0.29, 0.717) is 18.4 Å². The Labute approximate surface area is 126 Å². The first-order valence-corrected chi connectivity index (χ1v) is 8.32. The molecule has 3 rings (SSSR count). The van der Waals surface area contributed by atoms with Gasteiger partial charge >= 0.3 is 0 Å². The van der Waals surface area contributed by atoms with Crippen molar-refractivity contribution in [2.24, 2.45) is 0 Å². The molecule has 1 amide bonds. The number of carbonyl (C=O) groups excluding carboxylic acids is 1. The van der Waals surface area contributed by atoms with Crippen molar-refractivity contribution in [2.75, 3.05) is 26.2 Å². The predicted octanol–water partition coefficient (Wildman–Crippen LogP) is 1.75. The highest BCUT2D eigenvalue weighted by Crippen LogP contribution is 2.19. The van der Waals surface area contributed by atoms with Crippen LogP contribution in [0.4, 0.5) is 0 Å². The summed E-state index contributed by atoms with van der Waals surface area (Å²) in [6, 6.07) is 2.51. The molecule has 0 saturated carbocycles. The summed E-state index contributed by atoms with van der Waals surface area (Å²) in [5.41, 5.74) is 0. The number of hydrogen-bond acceptors (Lipinski definition) is 3. The molecule has 0 aliphatic carbocycles. The van der Waals surface area contributed by atoms with E-state index in [1.807, 2.05) is 23.1 Å². The van der Waals surface area contributed by atoms with Gasteiger partial charge in [0.2, 0.25) is 5.91 Å². The Morgan fingerprint density at radius 2 is 2.00 bits per heavy atom. The molecular weight excluding hydrogens is 264 g/mol. The molecule has 2 saturated heterocycles. The lowest BCUT2D eigenvalue weighted by Crippen LogP contribution is -2.39. The number of likely N-dealkylation sites (tertiary alicyclic amines) is 2. The molecular formula is C16H26N4O. The van der Waals surface area contributed by atoms with E-state index >= 15 is 0 Å². The van der Waals surface area contributed by atoms with Crippen LogP contribution in [0.3, 0.4) is 0 Å². The van der Waals surface area contributed by atoms with Crippen LogP contribution in [0, 0.1) is 0 Å². The summed E-state index contributed by atoms with van der Waals surface area (Å²) in [6.45, 7) is 4.91. The second-order valence-corrected chi connectivity index (χ2v) is 6.25. The van der Waals surface area contributed by atoms with Crippen LogP contribution in [0.1, 0.15) is 38.5 Å². The van der Waals surface area contributed by atoms with E-state index in [0.717, 1.165) is 32.7 Å². The number of carbonyl (C=O) groups is 1. The molecule has 1 aromatic heterocycles.